The van der Waals surface area contributed by atoms with E-state index in [0.29, 0.717) is 22.6 Å². The normalized spacial score (nSPS) is 10.5. The van der Waals surface area contributed by atoms with Crippen LogP contribution in [0.3, 0.4) is 0 Å². The number of para-hydroxylation sites is 1. The minimum absolute atomic E-state index is 0.0679. The monoisotopic (exact) mass is 425 g/mol. The van der Waals surface area contributed by atoms with E-state index in [2.05, 4.69) is 10.4 Å². The predicted molar refractivity (Wildman–Crippen MR) is 122 cm³/mol. The molecule has 0 radical (unpaired) electrons. The molecule has 2 N–H and O–H groups in total. The maximum atomic E-state index is 13.4. The molecular weight excluding hydrogens is 406 g/mol. The molecule has 0 aliphatic carbocycles. The molecule has 0 aliphatic heterocycles. The van der Waals surface area contributed by atoms with Crippen molar-refractivity contribution in [1.29, 1.82) is 0 Å². The van der Waals surface area contributed by atoms with Crippen LogP contribution in [0.5, 0.6) is 0 Å². The topological polar surface area (TPSA) is 101 Å². The smallest absolute Gasteiger partial charge is 0.335 e. The molecule has 0 saturated heterocycles. The van der Waals surface area contributed by atoms with Gasteiger partial charge in [-0.1, -0.05) is 48.5 Å². The summed E-state index contributed by atoms with van der Waals surface area (Å²) >= 11 is 0. The quantitative estimate of drug-likeness (QED) is 0.440. The Labute approximate surface area is 183 Å². The van der Waals surface area contributed by atoms with E-state index in [-0.39, 0.29) is 22.6 Å². The summed E-state index contributed by atoms with van der Waals surface area (Å²) in [5.41, 5.74) is 1.92. The highest BCUT2D eigenvalue weighted by molar-refractivity contribution is 6.05. The van der Waals surface area contributed by atoms with Crippen molar-refractivity contribution in [3.8, 4) is 16.9 Å². The Bertz CT molecular complexity index is 1350. The van der Waals surface area contributed by atoms with Crippen LogP contribution < -0.4 is 10.9 Å². The summed E-state index contributed by atoms with van der Waals surface area (Å²) in [5, 5.41) is 16.7. The van der Waals surface area contributed by atoms with Gasteiger partial charge in [0.2, 0.25) is 0 Å². The van der Waals surface area contributed by atoms with Crippen molar-refractivity contribution in [1.82, 2.24) is 9.78 Å². The second kappa shape index (κ2) is 8.69. The molecule has 158 valence electrons. The maximum absolute atomic E-state index is 13.4. The van der Waals surface area contributed by atoms with Crippen molar-refractivity contribution in [3.05, 3.63) is 106 Å². The van der Waals surface area contributed by atoms with Crippen LogP contribution in [0.25, 0.3) is 16.9 Å². The van der Waals surface area contributed by atoms with Crippen LogP contribution in [0.1, 0.15) is 27.6 Å². The zero-order valence-corrected chi connectivity index (χ0v) is 17.1. The van der Waals surface area contributed by atoms with Crippen LogP contribution in [0.4, 0.5) is 11.4 Å². The third-order valence-electron chi connectivity index (χ3n) is 4.89. The lowest BCUT2D eigenvalue weighted by atomic mass is 10.0. The highest BCUT2D eigenvalue weighted by atomic mass is 16.4. The summed E-state index contributed by atoms with van der Waals surface area (Å²) < 4.78 is 1.25. The van der Waals surface area contributed by atoms with Crippen LogP contribution in [0.15, 0.2) is 89.7 Å². The number of rotatable bonds is 6. The molecule has 0 spiro atoms. The predicted octanol–water partition coefficient (Wildman–Crippen LogP) is 4.54. The number of nitrogens with one attached hydrogen (secondary N) is 1. The SMILES string of the molecule is CC(=O)c1c(-c2ccccc2)nn(-c2ccccc2)c(=O)c1Nc1ccc(C(=O)O)cc1. The fourth-order valence-corrected chi connectivity index (χ4v) is 3.37. The number of benzene rings is 3. The number of ketones is 1. The van der Waals surface area contributed by atoms with Crippen molar-refractivity contribution in [2.75, 3.05) is 5.32 Å². The number of carbonyl (C=O) groups is 2. The zero-order chi connectivity index (χ0) is 22.7. The van der Waals surface area contributed by atoms with E-state index in [9.17, 15) is 14.4 Å². The number of aromatic nitrogens is 2. The van der Waals surface area contributed by atoms with Gasteiger partial charge in [-0.05, 0) is 43.3 Å². The van der Waals surface area contributed by atoms with Crippen molar-refractivity contribution in [3.63, 3.8) is 0 Å². The number of carboxylic acid groups (broad SMARTS) is 1. The number of carboxylic acids is 1. The second-order valence-corrected chi connectivity index (χ2v) is 7.08. The van der Waals surface area contributed by atoms with Gasteiger partial charge in [0, 0.05) is 11.3 Å². The average molecular weight is 425 g/mol. The Morgan fingerprint density at radius 2 is 1.47 bits per heavy atom. The van der Waals surface area contributed by atoms with Crippen LogP contribution in [-0.4, -0.2) is 26.6 Å². The number of hydrogen-bond donors (Lipinski definition) is 2. The molecule has 7 heteroatoms. The lowest BCUT2D eigenvalue weighted by Crippen LogP contribution is -2.27. The molecule has 1 heterocycles. The maximum Gasteiger partial charge on any atom is 0.335 e. The molecule has 0 atom stereocenters. The molecule has 0 saturated carbocycles. The molecule has 0 fully saturated rings. The molecule has 0 bridgehead atoms. The van der Waals surface area contributed by atoms with Gasteiger partial charge in [0.05, 0.1) is 16.8 Å². The summed E-state index contributed by atoms with van der Waals surface area (Å²) in [6.07, 6.45) is 0. The largest absolute Gasteiger partial charge is 0.478 e. The molecule has 1 aromatic heterocycles. The minimum Gasteiger partial charge on any atom is -0.478 e. The number of hydrogen-bond acceptors (Lipinski definition) is 5. The first-order chi connectivity index (χ1) is 15.5. The Kier molecular flexibility index (Phi) is 5.63. The lowest BCUT2D eigenvalue weighted by Gasteiger charge is -2.17. The molecule has 4 aromatic rings. The van der Waals surface area contributed by atoms with E-state index in [1.807, 2.05) is 36.4 Å². The van der Waals surface area contributed by atoms with Crippen LogP contribution in [0, 0.1) is 0 Å². The molecule has 7 nitrogen and oxygen atoms in total. The number of nitrogens with zero attached hydrogens (tertiary/aromatic N) is 2. The summed E-state index contributed by atoms with van der Waals surface area (Å²) in [6, 6.07) is 24.0. The van der Waals surface area contributed by atoms with E-state index < -0.39 is 11.5 Å². The lowest BCUT2D eigenvalue weighted by molar-refractivity contribution is 0.0696. The van der Waals surface area contributed by atoms with Crippen molar-refractivity contribution >= 4 is 23.1 Å². The molecule has 0 aliphatic rings. The molecule has 0 amide bonds. The molecule has 4 rings (SSSR count). The van der Waals surface area contributed by atoms with Gasteiger partial charge in [0.1, 0.15) is 11.4 Å². The summed E-state index contributed by atoms with van der Waals surface area (Å²) in [4.78, 5) is 37.3. The van der Waals surface area contributed by atoms with Gasteiger partial charge in [-0.2, -0.15) is 9.78 Å². The minimum atomic E-state index is -1.05. The molecular formula is C25H19N3O4. The van der Waals surface area contributed by atoms with Crippen molar-refractivity contribution < 1.29 is 14.7 Å². The Morgan fingerprint density at radius 3 is 2.03 bits per heavy atom. The van der Waals surface area contributed by atoms with Crippen molar-refractivity contribution in [2.24, 2.45) is 0 Å². The number of Topliss-reactive ketones (excluding diaryl/α,β-unsaturated/α-hetero) is 1. The third-order valence-corrected chi connectivity index (χ3v) is 4.89. The first-order valence-corrected chi connectivity index (χ1v) is 9.85. The van der Waals surface area contributed by atoms with Gasteiger partial charge in [0.25, 0.3) is 5.56 Å². The van der Waals surface area contributed by atoms with E-state index in [4.69, 9.17) is 5.11 Å². The Balaban J connectivity index is 1.97. The Hall–Kier alpha value is -4.52. The van der Waals surface area contributed by atoms with E-state index in [0.717, 1.165) is 0 Å². The summed E-state index contributed by atoms with van der Waals surface area (Å²) in [6.45, 7) is 1.38. The molecule has 3 aromatic carbocycles. The number of carbonyl (C=O) groups excluding carboxylic acids is 1. The standard InChI is InChI=1S/C25H19N3O4/c1-16(29)21-22(17-8-4-2-5-9-17)27-28(20-10-6-3-7-11-20)24(30)23(21)26-19-14-12-18(13-15-19)25(31)32/h2-15,26H,1H3,(H,31,32). The molecule has 0 unspecified atom stereocenters. The zero-order valence-electron chi connectivity index (χ0n) is 17.1. The first kappa shape index (κ1) is 20.7. The molecule has 32 heavy (non-hydrogen) atoms. The van der Waals surface area contributed by atoms with Crippen LogP contribution in [-0.2, 0) is 0 Å². The fourth-order valence-electron chi connectivity index (χ4n) is 3.37. The van der Waals surface area contributed by atoms with Gasteiger partial charge in [0.15, 0.2) is 5.78 Å². The van der Waals surface area contributed by atoms with Gasteiger partial charge < -0.3 is 10.4 Å². The van der Waals surface area contributed by atoms with Gasteiger partial charge >= 0.3 is 5.97 Å². The van der Waals surface area contributed by atoms with Crippen LogP contribution in [0.2, 0.25) is 0 Å². The van der Waals surface area contributed by atoms with E-state index in [1.165, 1.54) is 23.7 Å². The van der Waals surface area contributed by atoms with Gasteiger partial charge in [-0.25, -0.2) is 4.79 Å². The van der Waals surface area contributed by atoms with Crippen molar-refractivity contribution in [2.45, 2.75) is 6.92 Å². The summed E-state index contributed by atoms with van der Waals surface area (Å²) in [7, 11) is 0. The van der Waals surface area contributed by atoms with Gasteiger partial charge in [-0.15, -0.1) is 0 Å². The third kappa shape index (κ3) is 4.04. The second-order valence-electron chi connectivity index (χ2n) is 7.08. The Morgan fingerprint density at radius 1 is 0.875 bits per heavy atom. The average Bonchev–Trinajstić information content (AvgIpc) is 2.81. The van der Waals surface area contributed by atoms with Gasteiger partial charge in [-0.3, -0.25) is 9.59 Å². The highest BCUT2D eigenvalue weighted by Crippen LogP contribution is 2.28. The fraction of sp³-hybridized carbons (Fsp3) is 0.0400. The number of anilines is 2. The van der Waals surface area contributed by atoms with Crippen LogP contribution >= 0.6 is 0 Å². The first-order valence-electron chi connectivity index (χ1n) is 9.85. The summed E-state index contributed by atoms with van der Waals surface area (Å²) in [5.74, 6) is -1.37. The van der Waals surface area contributed by atoms with E-state index in [1.54, 1.807) is 36.4 Å². The number of aromatic carboxylic acids is 1. The highest BCUT2D eigenvalue weighted by Gasteiger charge is 2.23. The van der Waals surface area contributed by atoms with E-state index >= 15 is 0 Å².